The average molecular weight is 991 g/mol. The average Bonchev–Trinajstić information content (AvgIpc) is 3.15. The maximum Gasteiger partial charge on any atom is 0.315 e. The smallest absolute Gasteiger partial charge is 0.315 e. The van der Waals surface area contributed by atoms with Crippen molar-refractivity contribution >= 4 is 33.8 Å². The van der Waals surface area contributed by atoms with Crippen molar-refractivity contribution in [3.63, 3.8) is 0 Å². The lowest BCUT2D eigenvalue weighted by molar-refractivity contribution is -0.0767. The van der Waals surface area contributed by atoms with E-state index in [1.54, 1.807) is 0 Å². The minimum atomic E-state index is -2.79. The van der Waals surface area contributed by atoms with Gasteiger partial charge >= 0.3 is 17.1 Å². The van der Waals surface area contributed by atoms with Crippen LogP contribution in [0.1, 0.15) is 12.8 Å². The van der Waals surface area contributed by atoms with Crippen molar-refractivity contribution < 1.29 is 101 Å². The molecule has 0 amide bonds. The summed E-state index contributed by atoms with van der Waals surface area (Å²) in [4.78, 5) is 0. The third-order valence-electron chi connectivity index (χ3n) is 8.08. The van der Waals surface area contributed by atoms with Gasteiger partial charge in [-0.1, -0.05) is 0 Å². The summed E-state index contributed by atoms with van der Waals surface area (Å²) in [5, 5.41) is 96.6. The van der Waals surface area contributed by atoms with Gasteiger partial charge in [0.1, 0.15) is 48.8 Å². The summed E-state index contributed by atoms with van der Waals surface area (Å²) in [6, 6.07) is 1.30. The molecule has 21 nitrogen and oxygen atoms in total. The Morgan fingerprint density at radius 3 is 0.714 bits per heavy atom. The van der Waals surface area contributed by atoms with Gasteiger partial charge in [-0.3, -0.25) is 0 Å². The lowest BCUT2D eigenvalue weighted by Gasteiger charge is -2.43. The van der Waals surface area contributed by atoms with E-state index >= 15 is 0 Å². The zero-order chi connectivity index (χ0) is 48.0. The fraction of sp³-hybridized carbons (Fsp3) is 1.00. The lowest BCUT2D eigenvalue weighted by atomic mass is 10.3. The van der Waals surface area contributed by atoms with Crippen LogP contribution in [0.5, 0.6) is 0 Å². The van der Waals surface area contributed by atoms with Crippen LogP contribution in [0.2, 0.25) is 64.5 Å². The van der Waals surface area contributed by atoms with Crippen molar-refractivity contribution in [2.45, 2.75) is 126 Å². The summed E-state index contributed by atoms with van der Waals surface area (Å²) < 4.78 is 63.6. The zero-order valence-corrected chi connectivity index (χ0v) is 43.1. The molecule has 0 aromatic heterocycles. The van der Waals surface area contributed by atoms with Gasteiger partial charge in [0.25, 0.3) is 0 Å². The molecule has 25 heteroatoms. The molecule has 10 unspecified atom stereocenters. The van der Waals surface area contributed by atoms with Gasteiger partial charge in [0.15, 0.2) is 16.6 Å². The van der Waals surface area contributed by atoms with E-state index in [0.717, 1.165) is 0 Å². The van der Waals surface area contributed by atoms with E-state index in [2.05, 4.69) is 52.4 Å². The van der Waals surface area contributed by atoms with E-state index in [1.165, 1.54) is 0 Å². The Hall–Kier alpha value is 0.0275. The van der Waals surface area contributed by atoms with Crippen LogP contribution in [-0.2, 0) is 50.2 Å². The van der Waals surface area contributed by atoms with Crippen LogP contribution in [0.3, 0.4) is 0 Å². The largest absolute Gasteiger partial charge is 0.437 e. The summed E-state index contributed by atoms with van der Waals surface area (Å²) in [6.45, 7) is 15.7. The Labute approximate surface area is 379 Å². The molecule has 0 radical (unpaired) electrons. The molecule has 0 spiro atoms. The monoisotopic (exact) mass is 990 g/mol. The fourth-order valence-corrected chi connectivity index (χ4v) is 24.2. The van der Waals surface area contributed by atoms with Crippen molar-refractivity contribution in [1.82, 2.24) is 0 Å². The number of rotatable bonds is 44. The maximum absolute atomic E-state index is 10.4. The van der Waals surface area contributed by atoms with E-state index in [0.29, 0.717) is 38.1 Å². The predicted molar refractivity (Wildman–Crippen MR) is 241 cm³/mol. The minimum Gasteiger partial charge on any atom is -0.437 e. The Bertz CT molecular complexity index is 1000. The van der Waals surface area contributed by atoms with Crippen LogP contribution < -0.4 is 0 Å². The first-order valence-electron chi connectivity index (χ1n) is 21.8. The van der Waals surface area contributed by atoms with Gasteiger partial charge in [0.05, 0.1) is 106 Å². The second kappa shape index (κ2) is 35.2. The molecule has 0 heterocycles. The first-order chi connectivity index (χ1) is 29.4. The van der Waals surface area contributed by atoms with Crippen LogP contribution in [0.15, 0.2) is 0 Å². The van der Waals surface area contributed by atoms with Gasteiger partial charge in [-0.25, -0.2) is 0 Å². The number of ether oxygens (including phenoxy) is 8. The highest BCUT2D eigenvalue weighted by atomic mass is 28.5. The molecule has 0 saturated carbocycles. The highest BCUT2D eigenvalue weighted by Gasteiger charge is 2.46. The van der Waals surface area contributed by atoms with Gasteiger partial charge in [-0.2, -0.15) is 0 Å². The normalized spacial score (nSPS) is 18.6. The van der Waals surface area contributed by atoms with Crippen LogP contribution in [0.25, 0.3) is 0 Å². The number of aliphatic hydroxyl groups is 10. The topological polar surface area (TPSA) is 304 Å². The predicted octanol–water partition coefficient (Wildman–Crippen LogP) is -1.37. The van der Waals surface area contributed by atoms with Gasteiger partial charge in [-0.05, 0) is 77.3 Å². The maximum atomic E-state index is 10.4. The summed E-state index contributed by atoms with van der Waals surface area (Å²) >= 11 is 0. The van der Waals surface area contributed by atoms with Gasteiger partial charge < -0.3 is 101 Å². The van der Waals surface area contributed by atoms with Crippen LogP contribution >= 0.6 is 0 Å². The standard InChI is InChI=1S/C38H86O21Si4/c1-60(2,3)57-62(7,13-9-11-49-19-33(43)21-53-27-37(47)29-55-25-35(45)23-51-17-31(41)15-39)59-63(8,58-61(4,5)6)14-10-12-50-20-34(44)22-54-28-38(48)30-56-26-36(46)24-52-18-32(42)16-40/h31-48H,9-30H2,1-8H3. The molecule has 0 aromatic carbocycles. The van der Waals surface area contributed by atoms with E-state index in [9.17, 15) is 40.9 Å². The van der Waals surface area contributed by atoms with Gasteiger partial charge in [0.2, 0.25) is 0 Å². The van der Waals surface area contributed by atoms with E-state index < -0.39 is 95.8 Å². The zero-order valence-electron chi connectivity index (χ0n) is 39.1. The Balaban J connectivity index is 4.68. The van der Waals surface area contributed by atoms with Crippen molar-refractivity contribution in [2.24, 2.45) is 0 Å². The Morgan fingerprint density at radius 1 is 0.302 bits per heavy atom. The van der Waals surface area contributed by atoms with Crippen molar-refractivity contribution in [3.05, 3.63) is 0 Å². The quantitative estimate of drug-likeness (QED) is 0.0249. The summed E-state index contributed by atoms with van der Waals surface area (Å²) in [5.74, 6) is 0. The van der Waals surface area contributed by atoms with Crippen LogP contribution in [0.4, 0.5) is 0 Å². The Kier molecular flexibility index (Phi) is 35.2. The van der Waals surface area contributed by atoms with Gasteiger partial charge in [-0.15, -0.1) is 0 Å². The molecule has 0 aromatic rings. The van der Waals surface area contributed by atoms with Gasteiger partial charge in [0, 0.05) is 13.2 Å². The summed E-state index contributed by atoms with van der Waals surface area (Å²) in [6.07, 6.45) is -6.51. The Morgan fingerprint density at radius 2 is 0.508 bits per heavy atom. The molecule has 10 N–H and O–H groups in total. The number of hydrogen-bond donors (Lipinski definition) is 10. The molecule has 0 fully saturated rings. The molecule has 0 aliphatic heterocycles. The molecular weight excluding hydrogens is 905 g/mol. The number of hydrogen-bond acceptors (Lipinski definition) is 21. The third kappa shape index (κ3) is 38.7. The van der Waals surface area contributed by atoms with Crippen LogP contribution in [0, 0.1) is 0 Å². The minimum absolute atomic E-state index is 0.0330. The lowest BCUT2D eigenvalue weighted by Crippen LogP contribution is -2.58. The van der Waals surface area contributed by atoms with Crippen molar-refractivity contribution in [1.29, 1.82) is 0 Å². The van der Waals surface area contributed by atoms with E-state index in [4.69, 9.17) is 60.5 Å². The summed E-state index contributed by atoms with van der Waals surface area (Å²) in [5.41, 5.74) is 0. The number of aliphatic hydroxyl groups excluding tert-OH is 10. The first kappa shape index (κ1) is 63.0. The molecule has 63 heavy (non-hydrogen) atoms. The molecule has 0 aliphatic carbocycles. The first-order valence-corrected chi connectivity index (χ1v) is 33.6. The second-order valence-corrected chi connectivity index (χ2v) is 34.4. The fourth-order valence-electron chi connectivity index (χ4n) is 5.86. The molecule has 0 aliphatic rings. The van der Waals surface area contributed by atoms with Crippen LogP contribution in [-0.4, -0.2) is 253 Å². The van der Waals surface area contributed by atoms with Crippen molar-refractivity contribution in [3.8, 4) is 0 Å². The molecular formula is C38H86O21Si4. The van der Waals surface area contributed by atoms with E-state index in [-0.39, 0.29) is 92.5 Å². The third-order valence-corrected chi connectivity index (χ3v) is 22.4. The molecule has 0 bridgehead atoms. The second-order valence-electron chi connectivity index (χ2n) is 18.0. The highest BCUT2D eigenvalue weighted by Crippen LogP contribution is 2.30. The van der Waals surface area contributed by atoms with E-state index in [1.807, 2.05) is 0 Å². The molecule has 380 valence electrons. The van der Waals surface area contributed by atoms with Crippen molar-refractivity contribution in [2.75, 3.05) is 119 Å². The SMILES string of the molecule is C[Si](C)(C)O[Si](C)(CCCOCC(O)COCC(O)COCC(O)COCC(O)CO)O[Si](C)(CCCOCC(O)COCC(O)COCC(O)COCC(O)CO)O[Si](C)(C)C. The molecule has 0 rings (SSSR count). The molecule has 10 atom stereocenters. The highest BCUT2D eigenvalue weighted by molar-refractivity contribution is 6.89. The summed E-state index contributed by atoms with van der Waals surface area (Å²) in [7, 11) is -9.66. The molecule has 0 saturated heterocycles.